The van der Waals surface area contributed by atoms with Crippen molar-refractivity contribution >= 4 is 34.1 Å². The van der Waals surface area contributed by atoms with Crippen molar-refractivity contribution in [3.63, 3.8) is 0 Å². The molecule has 0 saturated heterocycles. The molecule has 0 radical (unpaired) electrons. The lowest BCUT2D eigenvalue weighted by molar-refractivity contribution is -0.384. The Balaban J connectivity index is 1.65. The van der Waals surface area contributed by atoms with Crippen LogP contribution in [0.25, 0.3) is 6.08 Å². The number of thiazole rings is 1. The first-order valence-corrected chi connectivity index (χ1v) is 8.55. The number of rotatable bonds is 4. The van der Waals surface area contributed by atoms with Crippen LogP contribution in [-0.2, 0) is 17.6 Å². The number of amides is 1. The van der Waals surface area contributed by atoms with E-state index in [0.717, 1.165) is 25.0 Å². The minimum absolute atomic E-state index is 0.000670. The van der Waals surface area contributed by atoms with Crippen LogP contribution in [0.1, 0.15) is 29.5 Å². The van der Waals surface area contributed by atoms with Crippen LogP contribution in [0.3, 0.4) is 0 Å². The number of fused-ring (bicyclic) bond motifs is 1. The molecule has 3 rings (SSSR count). The maximum atomic E-state index is 12.0. The zero-order valence-corrected chi connectivity index (χ0v) is 14.0. The van der Waals surface area contributed by atoms with E-state index in [0.29, 0.717) is 16.6 Å². The zero-order valence-electron chi connectivity index (χ0n) is 13.2. The van der Waals surface area contributed by atoms with Gasteiger partial charge in [0.15, 0.2) is 5.13 Å². The van der Waals surface area contributed by atoms with Gasteiger partial charge in [0.1, 0.15) is 0 Å². The predicted octanol–water partition coefficient (Wildman–Crippen LogP) is 3.83. The molecule has 1 aliphatic carbocycles. The lowest BCUT2D eigenvalue weighted by atomic mass is 9.93. The Morgan fingerprint density at radius 3 is 3.12 bits per heavy atom. The largest absolute Gasteiger partial charge is 0.298 e. The molecule has 2 aromatic rings. The van der Waals surface area contributed by atoms with E-state index in [1.54, 1.807) is 18.2 Å². The molecule has 1 amide bonds. The van der Waals surface area contributed by atoms with Gasteiger partial charge in [-0.15, -0.1) is 11.3 Å². The summed E-state index contributed by atoms with van der Waals surface area (Å²) in [6, 6.07) is 6.14. The van der Waals surface area contributed by atoms with Crippen molar-refractivity contribution in [1.29, 1.82) is 0 Å². The Kier molecular flexibility index (Phi) is 4.71. The number of aromatic nitrogens is 1. The molecule has 0 aliphatic heterocycles. The highest BCUT2D eigenvalue weighted by Crippen LogP contribution is 2.32. The van der Waals surface area contributed by atoms with Crippen LogP contribution in [0.2, 0.25) is 0 Å². The number of nitro groups is 1. The molecule has 24 heavy (non-hydrogen) atoms. The minimum atomic E-state index is -0.460. The highest BCUT2D eigenvalue weighted by atomic mass is 32.1. The van der Waals surface area contributed by atoms with Crippen LogP contribution in [0.15, 0.2) is 30.3 Å². The van der Waals surface area contributed by atoms with Crippen LogP contribution in [-0.4, -0.2) is 15.8 Å². The average molecular weight is 343 g/mol. The van der Waals surface area contributed by atoms with E-state index >= 15 is 0 Å². The van der Waals surface area contributed by atoms with E-state index in [-0.39, 0.29) is 11.6 Å². The van der Waals surface area contributed by atoms with E-state index in [9.17, 15) is 14.9 Å². The molecular formula is C17H17N3O3S. The SMILES string of the molecule is C[C@@H]1CCc2nc(NC(=O)/C=C/c3cccc([N+](=O)[O-])c3)sc2C1. The summed E-state index contributed by atoms with van der Waals surface area (Å²) in [5.41, 5.74) is 1.70. The third kappa shape index (κ3) is 3.86. The zero-order chi connectivity index (χ0) is 17.1. The number of anilines is 1. The first-order chi connectivity index (χ1) is 11.5. The number of nitro benzene ring substituents is 1. The maximum Gasteiger partial charge on any atom is 0.270 e. The van der Waals surface area contributed by atoms with Gasteiger partial charge in [-0.3, -0.25) is 20.2 Å². The lowest BCUT2D eigenvalue weighted by Gasteiger charge is -2.15. The molecule has 0 saturated carbocycles. The van der Waals surface area contributed by atoms with Gasteiger partial charge in [-0.1, -0.05) is 19.1 Å². The smallest absolute Gasteiger partial charge is 0.270 e. The summed E-state index contributed by atoms with van der Waals surface area (Å²) in [6.07, 6.45) is 6.04. The van der Waals surface area contributed by atoms with Crippen molar-refractivity contribution in [1.82, 2.24) is 4.98 Å². The number of hydrogen-bond acceptors (Lipinski definition) is 5. The number of carbonyl (C=O) groups excluding carboxylic acids is 1. The first-order valence-electron chi connectivity index (χ1n) is 7.73. The van der Waals surface area contributed by atoms with Crippen LogP contribution in [0, 0.1) is 16.0 Å². The van der Waals surface area contributed by atoms with Crippen molar-refractivity contribution in [2.75, 3.05) is 5.32 Å². The standard InChI is InChI=1S/C17H17N3O3S/c1-11-5-7-14-15(9-11)24-17(18-14)19-16(21)8-6-12-3-2-4-13(10-12)20(22)23/h2-4,6,8,10-11H,5,7,9H2,1H3,(H,18,19,21)/b8-6+/t11-/m1/s1. The van der Waals surface area contributed by atoms with E-state index < -0.39 is 4.92 Å². The molecule has 1 aromatic heterocycles. The Morgan fingerprint density at radius 2 is 2.33 bits per heavy atom. The molecule has 0 unspecified atom stereocenters. The molecule has 1 atom stereocenters. The van der Waals surface area contributed by atoms with E-state index in [2.05, 4.69) is 17.2 Å². The number of non-ortho nitro benzene ring substituents is 1. The topological polar surface area (TPSA) is 85.1 Å². The van der Waals surface area contributed by atoms with Gasteiger partial charge in [0.2, 0.25) is 5.91 Å². The molecule has 0 spiro atoms. The summed E-state index contributed by atoms with van der Waals surface area (Å²) in [4.78, 5) is 28.0. The number of hydrogen-bond donors (Lipinski definition) is 1. The molecule has 0 bridgehead atoms. The summed E-state index contributed by atoms with van der Waals surface area (Å²) < 4.78 is 0. The summed E-state index contributed by atoms with van der Waals surface area (Å²) >= 11 is 1.53. The first kappa shape index (κ1) is 16.3. The molecule has 6 nitrogen and oxygen atoms in total. The van der Waals surface area contributed by atoms with Crippen molar-refractivity contribution in [3.05, 3.63) is 56.6 Å². The van der Waals surface area contributed by atoms with Crippen molar-refractivity contribution in [2.24, 2.45) is 5.92 Å². The summed E-state index contributed by atoms with van der Waals surface area (Å²) in [5, 5.41) is 14.1. The summed E-state index contributed by atoms with van der Waals surface area (Å²) in [5.74, 6) is 0.371. The van der Waals surface area contributed by atoms with Gasteiger partial charge in [0, 0.05) is 23.1 Å². The summed E-state index contributed by atoms with van der Waals surface area (Å²) in [7, 11) is 0. The number of nitrogens with zero attached hydrogens (tertiary/aromatic N) is 2. The third-order valence-corrected chi connectivity index (χ3v) is 4.96. The Labute approximate surface area is 143 Å². The third-order valence-electron chi connectivity index (χ3n) is 3.92. The highest BCUT2D eigenvalue weighted by molar-refractivity contribution is 7.15. The average Bonchev–Trinajstić information content (AvgIpc) is 2.94. The van der Waals surface area contributed by atoms with E-state index in [1.807, 2.05) is 0 Å². The fourth-order valence-corrected chi connectivity index (χ4v) is 3.83. The highest BCUT2D eigenvalue weighted by Gasteiger charge is 2.20. The van der Waals surface area contributed by atoms with Crippen LogP contribution >= 0.6 is 11.3 Å². The molecular weight excluding hydrogens is 326 g/mol. The quantitative estimate of drug-likeness (QED) is 0.519. The Bertz CT molecular complexity index is 813. The lowest BCUT2D eigenvalue weighted by Crippen LogP contribution is -2.09. The molecule has 1 aromatic carbocycles. The minimum Gasteiger partial charge on any atom is -0.298 e. The van der Waals surface area contributed by atoms with E-state index in [4.69, 9.17) is 0 Å². The second-order valence-electron chi connectivity index (χ2n) is 5.91. The second-order valence-corrected chi connectivity index (χ2v) is 7.00. The van der Waals surface area contributed by atoms with Gasteiger partial charge < -0.3 is 0 Å². The molecule has 1 heterocycles. The summed E-state index contributed by atoms with van der Waals surface area (Å²) in [6.45, 7) is 2.22. The fourth-order valence-electron chi connectivity index (χ4n) is 2.65. The molecule has 124 valence electrons. The number of aryl methyl sites for hydroxylation is 1. The van der Waals surface area contributed by atoms with Gasteiger partial charge in [0.25, 0.3) is 5.69 Å². The number of benzene rings is 1. The van der Waals surface area contributed by atoms with Crippen molar-refractivity contribution in [3.8, 4) is 0 Å². The number of carbonyl (C=O) groups is 1. The van der Waals surface area contributed by atoms with Gasteiger partial charge in [0.05, 0.1) is 10.6 Å². The van der Waals surface area contributed by atoms with Crippen LogP contribution < -0.4 is 5.32 Å². The van der Waals surface area contributed by atoms with Gasteiger partial charge in [-0.05, 0) is 36.8 Å². The molecule has 1 aliphatic rings. The molecule has 0 fully saturated rings. The second kappa shape index (κ2) is 6.92. The van der Waals surface area contributed by atoms with Gasteiger partial charge >= 0.3 is 0 Å². The Hall–Kier alpha value is -2.54. The predicted molar refractivity (Wildman–Crippen MR) is 94.1 cm³/mol. The monoisotopic (exact) mass is 343 g/mol. The molecule has 7 heteroatoms. The Morgan fingerprint density at radius 1 is 1.50 bits per heavy atom. The van der Waals surface area contributed by atoms with Gasteiger partial charge in [-0.25, -0.2) is 4.98 Å². The normalized spacial score (nSPS) is 16.8. The van der Waals surface area contributed by atoms with Gasteiger partial charge in [-0.2, -0.15) is 0 Å². The van der Waals surface area contributed by atoms with Crippen LogP contribution in [0.4, 0.5) is 10.8 Å². The molecule has 1 N–H and O–H groups in total. The van der Waals surface area contributed by atoms with E-state index in [1.165, 1.54) is 34.4 Å². The van der Waals surface area contributed by atoms with Crippen molar-refractivity contribution < 1.29 is 9.72 Å². The fraction of sp³-hybridized carbons (Fsp3) is 0.294. The van der Waals surface area contributed by atoms with Crippen LogP contribution in [0.5, 0.6) is 0 Å². The number of nitrogens with one attached hydrogen (secondary N) is 1. The maximum absolute atomic E-state index is 12.0. The van der Waals surface area contributed by atoms with Crippen molar-refractivity contribution in [2.45, 2.75) is 26.2 Å².